The second kappa shape index (κ2) is 11.5. The molecule has 6 rings (SSSR count). The van der Waals surface area contributed by atoms with Gasteiger partial charge in [-0.25, -0.2) is 18.6 Å². The summed E-state index contributed by atoms with van der Waals surface area (Å²) in [4.78, 5) is 28.4. The number of halogens is 2. The lowest BCUT2D eigenvalue weighted by Gasteiger charge is -2.21. The maximum Gasteiger partial charge on any atom is 0.412 e. The molecule has 1 aromatic carbocycles. The van der Waals surface area contributed by atoms with Crippen LogP contribution in [0.4, 0.5) is 30.3 Å². The second-order valence-corrected chi connectivity index (χ2v) is 13.4. The number of carbonyl (C=O) groups excluding carboxylic acids is 1. The summed E-state index contributed by atoms with van der Waals surface area (Å²) in [7, 11) is 0. The van der Waals surface area contributed by atoms with Gasteiger partial charge in [0.05, 0.1) is 47.3 Å². The molecule has 3 aromatic heterocycles. The van der Waals surface area contributed by atoms with Crippen LogP contribution in [0.1, 0.15) is 57.7 Å². The number of aromatic nitrogens is 3. The Morgan fingerprint density at radius 2 is 2.02 bits per heavy atom. The number of hydrogen-bond donors (Lipinski definition) is 3. The number of nitriles is 1. The molecule has 0 radical (unpaired) electrons. The molecule has 4 aromatic rings. The van der Waals surface area contributed by atoms with E-state index < -0.39 is 23.3 Å². The molecular formula is C31H32F2N8O3S. The molecule has 5 heterocycles. The lowest BCUT2D eigenvalue weighted by atomic mass is 9.93. The van der Waals surface area contributed by atoms with E-state index >= 15 is 8.78 Å². The predicted octanol–water partition coefficient (Wildman–Crippen LogP) is 6.73. The maximum absolute atomic E-state index is 17.1. The molecular weight excluding hydrogens is 602 g/mol. The smallest absolute Gasteiger partial charge is 0.412 e. The van der Waals surface area contributed by atoms with Crippen molar-refractivity contribution in [1.82, 2.24) is 15.0 Å². The number of rotatable bonds is 6. The Kier molecular flexibility index (Phi) is 7.78. The van der Waals surface area contributed by atoms with Gasteiger partial charge >= 0.3 is 6.09 Å². The number of hydrogen-bond acceptors (Lipinski definition) is 11. The van der Waals surface area contributed by atoms with Crippen LogP contribution in [0.5, 0.6) is 0 Å². The third kappa shape index (κ3) is 5.62. The summed E-state index contributed by atoms with van der Waals surface area (Å²) in [5.74, 6) is -0.265. The number of anilines is 3. The molecule has 2 aliphatic heterocycles. The first-order valence-electron chi connectivity index (χ1n) is 14.5. The van der Waals surface area contributed by atoms with E-state index in [1.165, 1.54) is 0 Å². The zero-order chi connectivity index (χ0) is 32.2. The lowest BCUT2D eigenvalue weighted by Crippen LogP contribution is -2.27. The van der Waals surface area contributed by atoms with Crippen LogP contribution in [0.2, 0.25) is 0 Å². The molecule has 1 fully saturated rings. The number of nitrogens with one attached hydrogen (secondary N) is 3. The number of carbonyl (C=O) groups is 1. The van der Waals surface area contributed by atoms with Gasteiger partial charge in [0.1, 0.15) is 28.0 Å². The van der Waals surface area contributed by atoms with E-state index in [0.29, 0.717) is 53.0 Å². The van der Waals surface area contributed by atoms with Crippen LogP contribution >= 0.6 is 11.3 Å². The predicted molar refractivity (Wildman–Crippen MR) is 169 cm³/mol. The average molecular weight is 635 g/mol. The van der Waals surface area contributed by atoms with Crippen LogP contribution in [0.15, 0.2) is 6.20 Å². The van der Waals surface area contributed by atoms with Crippen LogP contribution in [-0.4, -0.2) is 52.0 Å². The number of ether oxygens (including phenoxy) is 2. The van der Waals surface area contributed by atoms with Gasteiger partial charge in [0.2, 0.25) is 5.95 Å². The molecule has 1 unspecified atom stereocenters. The zero-order valence-electron chi connectivity index (χ0n) is 25.5. The van der Waals surface area contributed by atoms with Gasteiger partial charge in [0, 0.05) is 29.8 Å². The quantitative estimate of drug-likeness (QED) is 0.196. The van der Waals surface area contributed by atoms with Crippen molar-refractivity contribution >= 4 is 60.9 Å². The van der Waals surface area contributed by atoms with E-state index in [2.05, 4.69) is 28.6 Å². The second-order valence-electron chi connectivity index (χ2n) is 12.4. The highest BCUT2D eigenvalue weighted by Crippen LogP contribution is 2.47. The van der Waals surface area contributed by atoms with E-state index in [1.807, 2.05) is 4.90 Å². The Hall–Kier alpha value is -4.48. The van der Waals surface area contributed by atoms with Crippen molar-refractivity contribution in [3.8, 4) is 17.3 Å². The highest BCUT2D eigenvalue weighted by molar-refractivity contribution is 7.23. The highest BCUT2D eigenvalue weighted by Gasteiger charge is 2.33. The molecule has 1 saturated heterocycles. The summed E-state index contributed by atoms with van der Waals surface area (Å²) in [5, 5.41) is 24.5. The lowest BCUT2D eigenvalue weighted by molar-refractivity contribution is 0.0636. The Balaban J connectivity index is 1.60. The third-order valence-corrected chi connectivity index (χ3v) is 8.76. The maximum atomic E-state index is 17.1. The van der Waals surface area contributed by atoms with Crippen LogP contribution in [0.3, 0.4) is 0 Å². The summed E-state index contributed by atoms with van der Waals surface area (Å²) in [6, 6.07) is 2.05. The molecule has 3 N–H and O–H groups in total. The number of pyridine rings is 1. The van der Waals surface area contributed by atoms with Crippen LogP contribution in [0, 0.1) is 34.3 Å². The first kappa shape index (κ1) is 30.5. The minimum atomic E-state index is -0.813. The van der Waals surface area contributed by atoms with Gasteiger partial charge < -0.3 is 25.1 Å². The molecule has 234 valence electrons. The fraction of sp³-hybridized carbons (Fsp3) is 0.419. The van der Waals surface area contributed by atoms with Crippen molar-refractivity contribution in [3.63, 3.8) is 0 Å². The van der Waals surface area contributed by atoms with Crippen molar-refractivity contribution in [2.24, 2.45) is 5.92 Å². The molecule has 2 aliphatic rings. The standard InChI is InChI=1S/C31H32F2N8O3S/c1-14-6-7-41(11-14)29-38-25-22(27(39-29)37-9-15(2)35)18-13-43-12-17(18)20(23(25)33)24-21-16(8-34)28(40-30(42)44-31(3,4)5)45-26(21)19(32)10-36-24/h10,14,35H,6-7,9,11-13H2,1-5H3,(H,40,42)(H,37,38,39). The Morgan fingerprint density at radius 1 is 1.27 bits per heavy atom. The number of amides is 1. The fourth-order valence-corrected chi connectivity index (χ4v) is 6.76. The Bertz CT molecular complexity index is 1930. The van der Waals surface area contributed by atoms with Crippen molar-refractivity contribution < 1.29 is 23.0 Å². The fourth-order valence-electron chi connectivity index (χ4n) is 5.72. The van der Waals surface area contributed by atoms with E-state index in [-0.39, 0.29) is 57.2 Å². The molecule has 45 heavy (non-hydrogen) atoms. The molecule has 1 atom stereocenters. The molecule has 0 aliphatic carbocycles. The van der Waals surface area contributed by atoms with Gasteiger partial charge in [0.25, 0.3) is 0 Å². The van der Waals surface area contributed by atoms with Gasteiger partial charge in [-0.1, -0.05) is 6.92 Å². The van der Waals surface area contributed by atoms with Crippen LogP contribution in [-0.2, 0) is 22.7 Å². The summed E-state index contributed by atoms with van der Waals surface area (Å²) >= 11 is 0.847. The summed E-state index contributed by atoms with van der Waals surface area (Å²) in [6.45, 7) is 10.7. The topological polar surface area (TPSA) is 149 Å². The van der Waals surface area contributed by atoms with Crippen molar-refractivity contribution in [3.05, 3.63) is 34.5 Å². The monoisotopic (exact) mass is 634 g/mol. The average Bonchev–Trinajstić information content (AvgIpc) is 3.70. The SMILES string of the molecule is CC(=N)CNc1nc(N2CCC(C)C2)nc2c(F)c(-c3ncc(F)c4sc(NC(=O)OC(C)(C)C)c(C#N)c34)c3c(c12)COC3. The normalized spacial score (nSPS) is 16.2. The summed E-state index contributed by atoms with van der Waals surface area (Å²) in [6.07, 6.45) is 1.11. The van der Waals surface area contributed by atoms with Gasteiger partial charge in [-0.2, -0.15) is 10.2 Å². The molecule has 0 spiro atoms. The van der Waals surface area contributed by atoms with Crippen LogP contribution < -0.4 is 15.5 Å². The first-order chi connectivity index (χ1) is 21.4. The molecule has 1 amide bonds. The third-order valence-electron chi connectivity index (χ3n) is 7.65. The first-order valence-corrected chi connectivity index (χ1v) is 15.3. The van der Waals surface area contributed by atoms with Crippen LogP contribution in [0.25, 0.3) is 32.2 Å². The van der Waals surface area contributed by atoms with Crippen molar-refractivity contribution in [1.29, 1.82) is 10.7 Å². The molecule has 0 bridgehead atoms. The Morgan fingerprint density at radius 3 is 2.69 bits per heavy atom. The number of thiophene rings is 1. The van der Waals surface area contributed by atoms with Gasteiger partial charge in [-0.05, 0) is 51.2 Å². The van der Waals surface area contributed by atoms with Gasteiger partial charge in [-0.3, -0.25) is 10.3 Å². The zero-order valence-corrected chi connectivity index (χ0v) is 26.3. The molecule has 0 saturated carbocycles. The van der Waals surface area contributed by atoms with E-state index in [4.69, 9.17) is 24.9 Å². The highest BCUT2D eigenvalue weighted by atomic mass is 32.1. The largest absolute Gasteiger partial charge is 0.444 e. The minimum absolute atomic E-state index is 0.0315. The summed E-state index contributed by atoms with van der Waals surface area (Å²) < 4.78 is 43.5. The van der Waals surface area contributed by atoms with Gasteiger partial charge in [-0.15, -0.1) is 11.3 Å². The number of benzene rings is 1. The van der Waals surface area contributed by atoms with E-state index in [9.17, 15) is 10.1 Å². The van der Waals surface area contributed by atoms with Crippen molar-refractivity contribution in [2.45, 2.75) is 59.9 Å². The number of fused-ring (bicyclic) bond motifs is 4. The molecule has 11 nitrogen and oxygen atoms in total. The number of nitrogens with zero attached hydrogens (tertiary/aromatic N) is 5. The van der Waals surface area contributed by atoms with E-state index in [1.54, 1.807) is 27.7 Å². The van der Waals surface area contributed by atoms with Crippen molar-refractivity contribution in [2.75, 3.05) is 35.2 Å². The van der Waals surface area contributed by atoms with Gasteiger partial charge in [0.15, 0.2) is 11.6 Å². The minimum Gasteiger partial charge on any atom is -0.444 e. The van der Waals surface area contributed by atoms with E-state index in [0.717, 1.165) is 24.0 Å². The Labute approximate surface area is 262 Å². The summed E-state index contributed by atoms with van der Waals surface area (Å²) in [5.41, 5.74) is 0.754. The molecule has 14 heteroatoms.